The van der Waals surface area contributed by atoms with Crippen molar-refractivity contribution in [2.24, 2.45) is 5.41 Å². The van der Waals surface area contributed by atoms with Gasteiger partial charge in [-0.15, -0.1) is 0 Å². The lowest BCUT2D eigenvalue weighted by Gasteiger charge is -2.24. The molecule has 0 saturated heterocycles. The van der Waals surface area contributed by atoms with Crippen molar-refractivity contribution in [1.82, 2.24) is 0 Å². The number of nitrogens with one attached hydrogen (secondary N) is 2. The minimum absolute atomic E-state index is 0.0381. The van der Waals surface area contributed by atoms with Gasteiger partial charge in [0.2, 0.25) is 11.8 Å². The first kappa shape index (κ1) is 20.5. The van der Waals surface area contributed by atoms with E-state index in [2.05, 4.69) is 31.4 Å². The van der Waals surface area contributed by atoms with Crippen LogP contribution in [0.25, 0.3) is 0 Å². The van der Waals surface area contributed by atoms with Crippen LogP contribution in [0.3, 0.4) is 0 Å². The predicted octanol–water partition coefficient (Wildman–Crippen LogP) is 4.60. The highest BCUT2D eigenvalue weighted by Gasteiger charge is 2.36. The van der Waals surface area contributed by atoms with Crippen LogP contribution in [0, 0.1) is 5.41 Å². The van der Waals surface area contributed by atoms with E-state index in [0.29, 0.717) is 17.1 Å². The first-order valence-electron chi connectivity index (χ1n) is 8.92. The Bertz CT molecular complexity index is 818. The van der Waals surface area contributed by atoms with Gasteiger partial charge in [0.25, 0.3) is 0 Å². The molecule has 5 heteroatoms. The number of methoxy groups -OCH3 is 1. The number of anilines is 2. The van der Waals surface area contributed by atoms with Crippen molar-refractivity contribution in [2.75, 3.05) is 17.7 Å². The molecule has 0 saturated carbocycles. The topological polar surface area (TPSA) is 67.4 Å². The second-order valence-corrected chi connectivity index (χ2v) is 8.06. The number of carbonyl (C=O) groups excluding carboxylic acids is 2. The average Bonchev–Trinajstić information content (AvgIpc) is 2.61. The third-order valence-electron chi connectivity index (χ3n) is 4.50. The summed E-state index contributed by atoms with van der Waals surface area (Å²) < 4.78 is 5.24. The maximum absolute atomic E-state index is 12.7. The minimum atomic E-state index is -1.26. The molecule has 2 aromatic carbocycles. The average molecular weight is 368 g/mol. The van der Waals surface area contributed by atoms with Gasteiger partial charge in [-0.2, -0.15) is 0 Å². The van der Waals surface area contributed by atoms with Gasteiger partial charge < -0.3 is 15.4 Å². The smallest absolute Gasteiger partial charge is 0.239 e. The SMILES string of the molecule is COc1ccccc1NC(=O)C(C)(C)C(=O)Nc1ccc(C(C)(C)C)cc1. The minimum Gasteiger partial charge on any atom is -0.495 e. The second kappa shape index (κ2) is 7.82. The van der Waals surface area contributed by atoms with Crippen molar-refractivity contribution >= 4 is 23.2 Å². The number of ether oxygens (including phenoxy) is 1. The molecule has 0 aromatic heterocycles. The van der Waals surface area contributed by atoms with Crippen LogP contribution in [0.5, 0.6) is 5.75 Å². The summed E-state index contributed by atoms with van der Waals surface area (Å²) >= 11 is 0. The third-order valence-corrected chi connectivity index (χ3v) is 4.50. The Labute approximate surface area is 161 Å². The molecule has 27 heavy (non-hydrogen) atoms. The lowest BCUT2D eigenvalue weighted by Crippen LogP contribution is -2.41. The molecule has 0 aliphatic rings. The molecule has 2 N–H and O–H groups in total. The van der Waals surface area contributed by atoms with Gasteiger partial charge in [-0.1, -0.05) is 45.0 Å². The lowest BCUT2D eigenvalue weighted by atomic mass is 9.87. The molecule has 0 spiro atoms. The van der Waals surface area contributed by atoms with Crippen LogP contribution in [-0.2, 0) is 15.0 Å². The van der Waals surface area contributed by atoms with E-state index in [-0.39, 0.29) is 11.3 Å². The molecule has 2 rings (SSSR count). The highest BCUT2D eigenvalue weighted by Crippen LogP contribution is 2.28. The Kier molecular flexibility index (Phi) is 5.94. The molecule has 5 nitrogen and oxygen atoms in total. The van der Waals surface area contributed by atoms with Gasteiger partial charge in [0.1, 0.15) is 11.2 Å². The van der Waals surface area contributed by atoms with E-state index in [9.17, 15) is 9.59 Å². The second-order valence-electron chi connectivity index (χ2n) is 8.06. The summed E-state index contributed by atoms with van der Waals surface area (Å²) in [6, 6.07) is 14.8. The molecular weight excluding hydrogens is 340 g/mol. The number of carbonyl (C=O) groups is 2. The van der Waals surface area contributed by atoms with E-state index >= 15 is 0 Å². The summed E-state index contributed by atoms with van der Waals surface area (Å²) in [4.78, 5) is 25.4. The summed E-state index contributed by atoms with van der Waals surface area (Å²) in [6.45, 7) is 9.58. The van der Waals surface area contributed by atoms with Crippen LogP contribution in [0.15, 0.2) is 48.5 Å². The predicted molar refractivity (Wildman–Crippen MR) is 109 cm³/mol. The summed E-state index contributed by atoms with van der Waals surface area (Å²) in [7, 11) is 1.53. The summed E-state index contributed by atoms with van der Waals surface area (Å²) in [5.41, 5.74) is 1.14. The monoisotopic (exact) mass is 368 g/mol. The van der Waals surface area contributed by atoms with Crippen LogP contribution in [0.1, 0.15) is 40.2 Å². The Morgan fingerprint density at radius 1 is 0.815 bits per heavy atom. The van der Waals surface area contributed by atoms with Gasteiger partial charge in [-0.3, -0.25) is 9.59 Å². The molecule has 0 fully saturated rings. The Morgan fingerprint density at radius 3 is 1.93 bits per heavy atom. The molecule has 144 valence electrons. The van der Waals surface area contributed by atoms with Crippen LogP contribution >= 0.6 is 0 Å². The largest absolute Gasteiger partial charge is 0.495 e. The normalized spacial score (nSPS) is 11.6. The molecule has 0 atom stereocenters. The van der Waals surface area contributed by atoms with Crippen molar-refractivity contribution in [2.45, 2.75) is 40.0 Å². The quantitative estimate of drug-likeness (QED) is 0.758. The Hall–Kier alpha value is -2.82. The fourth-order valence-electron chi connectivity index (χ4n) is 2.47. The molecule has 0 aliphatic carbocycles. The number of para-hydroxylation sites is 2. The van der Waals surface area contributed by atoms with Gasteiger partial charge in [0.05, 0.1) is 12.8 Å². The van der Waals surface area contributed by atoms with Gasteiger partial charge in [-0.25, -0.2) is 0 Å². The Balaban J connectivity index is 2.10. The maximum atomic E-state index is 12.7. The molecule has 0 unspecified atom stereocenters. The van der Waals surface area contributed by atoms with Crippen LogP contribution < -0.4 is 15.4 Å². The van der Waals surface area contributed by atoms with E-state index in [1.807, 2.05) is 30.3 Å². The lowest BCUT2D eigenvalue weighted by molar-refractivity contribution is -0.135. The fraction of sp³-hybridized carbons (Fsp3) is 0.364. The molecule has 0 heterocycles. The van der Waals surface area contributed by atoms with Crippen molar-refractivity contribution in [1.29, 1.82) is 0 Å². The van der Waals surface area contributed by atoms with Crippen LogP contribution in [-0.4, -0.2) is 18.9 Å². The summed E-state index contributed by atoms with van der Waals surface area (Å²) in [6.07, 6.45) is 0. The molecular formula is C22H28N2O3. The van der Waals surface area contributed by atoms with Crippen molar-refractivity contribution in [3.05, 3.63) is 54.1 Å². The van der Waals surface area contributed by atoms with E-state index < -0.39 is 11.3 Å². The van der Waals surface area contributed by atoms with E-state index in [1.54, 1.807) is 32.0 Å². The molecule has 0 aliphatic heterocycles. The molecule has 2 aromatic rings. The summed E-state index contributed by atoms with van der Waals surface area (Å²) in [5, 5.41) is 5.60. The number of hydrogen-bond acceptors (Lipinski definition) is 3. The zero-order chi connectivity index (χ0) is 20.2. The van der Waals surface area contributed by atoms with Crippen molar-refractivity contribution in [3.63, 3.8) is 0 Å². The Morgan fingerprint density at radius 2 is 1.37 bits per heavy atom. The molecule has 0 radical (unpaired) electrons. The van der Waals surface area contributed by atoms with E-state index in [0.717, 1.165) is 0 Å². The van der Waals surface area contributed by atoms with Crippen LogP contribution in [0.2, 0.25) is 0 Å². The molecule has 2 amide bonds. The highest BCUT2D eigenvalue weighted by molar-refractivity contribution is 6.14. The van der Waals surface area contributed by atoms with Gasteiger partial charge >= 0.3 is 0 Å². The highest BCUT2D eigenvalue weighted by atomic mass is 16.5. The number of hydrogen-bond donors (Lipinski definition) is 2. The van der Waals surface area contributed by atoms with Crippen molar-refractivity contribution < 1.29 is 14.3 Å². The number of rotatable bonds is 5. The van der Waals surface area contributed by atoms with Crippen LogP contribution in [0.4, 0.5) is 11.4 Å². The first-order chi connectivity index (χ1) is 12.6. The third kappa shape index (κ3) is 4.88. The maximum Gasteiger partial charge on any atom is 0.239 e. The zero-order valence-corrected chi connectivity index (χ0v) is 16.8. The van der Waals surface area contributed by atoms with E-state index in [1.165, 1.54) is 12.7 Å². The summed E-state index contributed by atoms with van der Waals surface area (Å²) in [5.74, 6) is -0.242. The van der Waals surface area contributed by atoms with Gasteiger partial charge in [-0.05, 0) is 49.1 Å². The van der Waals surface area contributed by atoms with Gasteiger partial charge in [0.15, 0.2) is 0 Å². The number of amides is 2. The molecule has 0 bridgehead atoms. The standard InChI is InChI=1S/C22H28N2O3/c1-21(2,3)15-11-13-16(14-12-15)23-19(25)22(4,5)20(26)24-17-9-7-8-10-18(17)27-6/h7-14H,1-6H3,(H,23,25)(H,24,26). The zero-order valence-electron chi connectivity index (χ0n) is 16.8. The first-order valence-corrected chi connectivity index (χ1v) is 8.92. The number of benzene rings is 2. The van der Waals surface area contributed by atoms with Gasteiger partial charge in [0, 0.05) is 5.69 Å². The fourth-order valence-corrected chi connectivity index (χ4v) is 2.47. The van der Waals surface area contributed by atoms with E-state index in [4.69, 9.17) is 4.74 Å². The van der Waals surface area contributed by atoms with Crippen molar-refractivity contribution in [3.8, 4) is 5.75 Å².